The summed E-state index contributed by atoms with van der Waals surface area (Å²) in [6.07, 6.45) is -2.44. The van der Waals surface area contributed by atoms with E-state index in [4.69, 9.17) is 15.3 Å². The number of rotatable bonds is 5. The summed E-state index contributed by atoms with van der Waals surface area (Å²) >= 11 is 0. The van der Waals surface area contributed by atoms with Gasteiger partial charge in [-0.3, -0.25) is 4.79 Å². The Labute approximate surface area is 147 Å². The molecule has 0 aromatic carbocycles. The average molecular weight is 291 g/mol. The van der Waals surface area contributed by atoms with Crippen LogP contribution in [0.4, 0.5) is 0 Å². The fourth-order valence-corrected chi connectivity index (χ4v) is 0.703. The zero-order chi connectivity index (χ0) is 10.6. The van der Waals surface area contributed by atoms with Crippen molar-refractivity contribution in [1.82, 2.24) is 0 Å². The molecule has 11 heteroatoms. The Morgan fingerprint density at radius 1 is 1.06 bits per heavy atom. The Hall–Kier alpha value is 0.620. The van der Waals surface area contributed by atoms with Crippen molar-refractivity contribution < 1.29 is 99.4 Å². The number of hydrogen-bond acceptors (Lipinski definition) is 6. The summed E-state index contributed by atoms with van der Waals surface area (Å²) in [5.41, 5.74) is -2.80. The van der Waals surface area contributed by atoms with E-state index in [9.17, 15) is 19.5 Å². The van der Waals surface area contributed by atoms with Crippen LogP contribution in [0.15, 0.2) is 0 Å². The smallest absolute Gasteiger partial charge is 0.870 e. The number of carbonyl (C=O) groups excluding carboxylic acids is 1. The van der Waals surface area contributed by atoms with Crippen LogP contribution < -0.4 is 64.2 Å². The predicted molar refractivity (Wildman–Crippen MR) is 43.6 cm³/mol. The van der Waals surface area contributed by atoms with E-state index in [-0.39, 0.29) is 77.0 Å². The van der Waals surface area contributed by atoms with Gasteiger partial charge in [0.05, 0.1) is 6.42 Å². The molecule has 0 aliphatic heterocycles. The fourth-order valence-electron chi connectivity index (χ4n) is 0.703. The molecule has 0 spiro atoms. The van der Waals surface area contributed by atoms with E-state index in [1.165, 1.54) is 0 Å². The monoisotopic (exact) mass is 290 g/mol. The number of carboxylic acid groups (broad SMARTS) is 3. The molecule has 0 bridgehead atoms. The number of carboxylic acids is 3. The Morgan fingerprint density at radius 2 is 1.41 bits per heavy atom. The molecule has 90 valence electrons. The Bertz CT molecular complexity index is 242. The van der Waals surface area contributed by atoms with Crippen LogP contribution in [-0.4, -0.2) is 44.3 Å². The summed E-state index contributed by atoms with van der Waals surface area (Å²) < 4.78 is 0. The maximum absolute atomic E-state index is 10.3. The molecule has 0 saturated carbocycles. The number of carbonyl (C=O) groups is 3. The number of aliphatic hydroxyl groups is 1. The van der Waals surface area contributed by atoms with Crippen LogP contribution in [0.1, 0.15) is 12.8 Å². The summed E-state index contributed by atoms with van der Waals surface area (Å²) in [6, 6.07) is 0. The van der Waals surface area contributed by atoms with Crippen molar-refractivity contribution in [3.63, 3.8) is 0 Å². The van der Waals surface area contributed by atoms with Gasteiger partial charge >= 0.3 is 71.1 Å². The van der Waals surface area contributed by atoms with Crippen molar-refractivity contribution in [3.05, 3.63) is 0 Å². The van der Waals surface area contributed by atoms with E-state index in [1.807, 2.05) is 0 Å². The molecule has 1 unspecified atom stereocenters. The summed E-state index contributed by atoms with van der Waals surface area (Å²) in [5, 5.41) is 35.5. The molecule has 0 amide bonds. The molecule has 0 aromatic rings. The third-order valence-corrected chi connectivity index (χ3v) is 1.28. The van der Waals surface area contributed by atoms with Crippen LogP contribution in [0.2, 0.25) is 0 Å². The molecule has 17 heavy (non-hydrogen) atoms. The van der Waals surface area contributed by atoms with E-state index in [0.29, 0.717) is 0 Å². The zero-order valence-corrected chi connectivity index (χ0v) is 14.1. The van der Waals surface area contributed by atoms with Crippen molar-refractivity contribution in [1.29, 1.82) is 0 Å². The minimum Gasteiger partial charge on any atom is -0.870 e. The molecule has 4 N–H and O–H groups in total. The van der Waals surface area contributed by atoms with Crippen molar-refractivity contribution in [3.8, 4) is 0 Å². The van der Waals surface area contributed by atoms with Gasteiger partial charge in [0, 0.05) is 12.4 Å². The molecule has 0 fully saturated rings. The van der Waals surface area contributed by atoms with E-state index in [0.717, 1.165) is 0 Å². The van der Waals surface area contributed by atoms with Crippen LogP contribution in [-0.2, 0) is 14.4 Å². The van der Waals surface area contributed by atoms with Gasteiger partial charge in [0.15, 0.2) is 5.60 Å². The first-order valence-corrected chi connectivity index (χ1v) is 3.15. The predicted octanol–water partition coefficient (Wildman–Crippen LogP) is -8.33. The van der Waals surface area contributed by atoms with Crippen molar-refractivity contribution in [2.45, 2.75) is 18.4 Å². The summed E-state index contributed by atoms with van der Waals surface area (Å²) in [4.78, 5) is 30.3. The van der Waals surface area contributed by atoms with E-state index < -0.39 is 36.4 Å². The maximum atomic E-state index is 10.3. The Balaban J connectivity index is -0.000000120. The van der Waals surface area contributed by atoms with E-state index in [1.54, 1.807) is 0 Å². The van der Waals surface area contributed by atoms with Crippen molar-refractivity contribution >= 4 is 30.3 Å². The number of halogens is 1. The van der Waals surface area contributed by atoms with E-state index >= 15 is 0 Å². The minimum atomic E-state index is -2.80. The standard InChI is InChI=1S/C6H8O7.ClH.2Na.H2O/c7-3(8)1-6(13,5(11)12)2-4(9)10;;;;/h13H,1-2H2,(H,7,8)(H,9,10)(H,11,12);1H;;;1H2/q;;2*+1;/p-2. The van der Waals surface area contributed by atoms with Gasteiger partial charge in [-0.05, 0) is 0 Å². The van der Waals surface area contributed by atoms with Crippen LogP contribution >= 0.6 is 12.4 Å². The molecule has 0 rings (SSSR count). The third kappa shape index (κ3) is 12.9. The first kappa shape index (κ1) is 30.6. The SMILES string of the molecule is Cl.O=C([O-])CC(O)(CC(=O)O)C(=O)O.[Na+].[Na+].[OH-]. The van der Waals surface area contributed by atoms with Gasteiger partial charge in [0.1, 0.15) is 0 Å². The van der Waals surface area contributed by atoms with Gasteiger partial charge in [-0.1, -0.05) is 0 Å². The van der Waals surface area contributed by atoms with Crippen LogP contribution in [0.5, 0.6) is 0 Å². The summed E-state index contributed by atoms with van der Waals surface area (Å²) in [5.74, 6) is -5.34. The molecule has 0 heterocycles. The first-order valence-electron chi connectivity index (χ1n) is 3.15. The molecule has 0 aromatic heterocycles. The van der Waals surface area contributed by atoms with Gasteiger partial charge in [-0.2, -0.15) is 0 Å². The zero-order valence-electron chi connectivity index (χ0n) is 9.24. The summed E-state index contributed by atoms with van der Waals surface area (Å²) in [6.45, 7) is 0. The second-order valence-electron chi connectivity index (χ2n) is 2.46. The average Bonchev–Trinajstić information content (AvgIpc) is 1.82. The molecule has 0 radical (unpaired) electrons. The van der Waals surface area contributed by atoms with Gasteiger partial charge in [-0.15, -0.1) is 12.4 Å². The van der Waals surface area contributed by atoms with Crippen LogP contribution in [0.25, 0.3) is 0 Å². The second kappa shape index (κ2) is 13.1. The topological polar surface area (TPSA) is 165 Å². The normalized spacial score (nSPS) is 11.1. The van der Waals surface area contributed by atoms with Crippen molar-refractivity contribution in [2.24, 2.45) is 0 Å². The second-order valence-corrected chi connectivity index (χ2v) is 2.46. The number of aliphatic carboxylic acids is 3. The minimum absolute atomic E-state index is 0. The quantitative estimate of drug-likeness (QED) is 0.420. The van der Waals surface area contributed by atoms with Crippen LogP contribution in [0, 0.1) is 0 Å². The van der Waals surface area contributed by atoms with Gasteiger partial charge in [-0.25, -0.2) is 4.79 Å². The number of hydrogen-bond donors (Lipinski definition) is 3. The molecule has 0 aliphatic rings. The van der Waals surface area contributed by atoms with E-state index in [2.05, 4.69) is 0 Å². The van der Waals surface area contributed by atoms with Gasteiger partial charge < -0.3 is 30.7 Å². The largest absolute Gasteiger partial charge is 1.00 e. The molecule has 1 atom stereocenters. The molecular weight excluding hydrogens is 281 g/mol. The molecule has 0 aliphatic carbocycles. The molecule has 8 nitrogen and oxygen atoms in total. The molecular formula is C6H9ClNa2O8. The third-order valence-electron chi connectivity index (χ3n) is 1.28. The Kier molecular flexibility index (Phi) is 23.5. The summed E-state index contributed by atoms with van der Waals surface area (Å²) in [7, 11) is 0. The Morgan fingerprint density at radius 3 is 1.59 bits per heavy atom. The van der Waals surface area contributed by atoms with Crippen LogP contribution in [0.3, 0.4) is 0 Å². The fraction of sp³-hybridized carbons (Fsp3) is 0.500. The van der Waals surface area contributed by atoms with Gasteiger partial charge in [0.2, 0.25) is 0 Å². The molecule has 0 saturated heterocycles. The van der Waals surface area contributed by atoms with Gasteiger partial charge in [0.25, 0.3) is 0 Å². The van der Waals surface area contributed by atoms with Crippen molar-refractivity contribution in [2.75, 3.05) is 0 Å². The first-order chi connectivity index (χ1) is 5.78. The maximum Gasteiger partial charge on any atom is 1.00 e.